The predicted octanol–water partition coefficient (Wildman–Crippen LogP) is 6.20. The zero-order chi connectivity index (χ0) is 32.4. The molecule has 0 spiro atoms. The molecule has 5 aromatic rings. The average Bonchev–Trinajstić information content (AvgIpc) is 3.92. The molecule has 47 heavy (non-hydrogen) atoms. The van der Waals surface area contributed by atoms with Crippen LogP contribution in [-0.2, 0) is 0 Å². The number of imidazole rings is 2. The van der Waals surface area contributed by atoms with Crippen molar-refractivity contribution in [1.29, 1.82) is 0 Å². The summed E-state index contributed by atoms with van der Waals surface area (Å²) in [5.41, 5.74) is 13.4. The number of aliphatic hydroxyl groups excluding tert-OH is 1. The van der Waals surface area contributed by atoms with Crippen LogP contribution in [0, 0.1) is 5.92 Å². The lowest BCUT2D eigenvalue weighted by molar-refractivity contribution is -0.0370. The van der Waals surface area contributed by atoms with Crippen LogP contribution < -0.4 is 15.8 Å². The minimum atomic E-state index is -1.06. The van der Waals surface area contributed by atoms with Crippen LogP contribution in [0.1, 0.15) is 76.4 Å². The Hall–Kier alpha value is -4.03. The fourth-order valence-electron chi connectivity index (χ4n) is 7.55. The number of nitrogens with two attached hydrogens (primary N) is 1. The second-order valence-electron chi connectivity index (χ2n) is 13.7. The van der Waals surface area contributed by atoms with Crippen LogP contribution in [0.3, 0.4) is 0 Å². The quantitative estimate of drug-likeness (QED) is 0.137. The molecule has 3 aromatic heterocycles. The molecular formula is C36H43FN8O2. The molecule has 3 aliphatic rings. The Labute approximate surface area is 273 Å². The molecule has 2 fully saturated rings. The number of aromatic nitrogens is 5. The molecule has 2 aromatic carbocycles. The number of hydrogen-bond acceptors (Lipinski definition) is 7. The summed E-state index contributed by atoms with van der Waals surface area (Å²) in [6.45, 7) is 7.22. The van der Waals surface area contributed by atoms with Crippen molar-refractivity contribution in [1.82, 2.24) is 34.7 Å². The number of nitrogens with zero attached hydrogens (tertiary/aromatic N) is 4. The first kappa shape index (κ1) is 30.3. The van der Waals surface area contributed by atoms with Crippen molar-refractivity contribution in [3.05, 3.63) is 66.5 Å². The van der Waals surface area contributed by atoms with Gasteiger partial charge in [0.2, 0.25) is 0 Å². The van der Waals surface area contributed by atoms with E-state index in [1.54, 1.807) is 11.1 Å². The minimum Gasteiger partial charge on any atom is -0.469 e. The van der Waals surface area contributed by atoms with Gasteiger partial charge in [0.25, 0.3) is 0 Å². The van der Waals surface area contributed by atoms with E-state index >= 15 is 0 Å². The first-order chi connectivity index (χ1) is 22.8. The minimum absolute atomic E-state index is 0.0585. The number of aliphatic hydroxyl groups is 1. The molecule has 6 atom stereocenters. The topological polar surface area (TPSA) is 133 Å². The molecule has 8 rings (SSSR count). The number of likely N-dealkylation sites (tertiary alicyclic amines) is 1. The third kappa shape index (κ3) is 5.25. The number of H-pyrrole nitrogens is 2. The first-order valence-corrected chi connectivity index (χ1v) is 16.9. The van der Waals surface area contributed by atoms with Gasteiger partial charge in [-0.25, -0.2) is 14.4 Å². The monoisotopic (exact) mass is 638 g/mol. The maximum atomic E-state index is 14.6. The number of alkyl halides is 1. The van der Waals surface area contributed by atoms with Gasteiger partial charge in [-0.2, -0.15) is 0 Å². The van der Waals surface area contributed by atoms with Crippen molar-refractivity contribution in [2.45, 2.75) is 83.2 Å². The summed E-state index contributed by atoms with van der Waals surface area (Å²) in [5, 5.41) is 15.6. The Kier molecular flexibility index (Phi) is 7.67. The maximum absolute atomic E-state index is 14.6. The van der Waals surface area contributed by atoms with E-state index in [0.29, 0.717) is 11.9 Å². The van der Waals surface area contributed by atoms with Gasteiger partial charge in [-0.1, -0.05) is 32.9 Å². The zero-order valence-corrected chi connectivity index (χ0v) is 27.1. The highest BCUT2D eigenvalue weighted by atomic mass is 19.1. The molecule has 10 nitrogen and oxygen atoms in total. The molecule has 0 radical (unpaired) electrons. The highest BCUT2D eigenvalue weighted by molar-refractivity contribution is 5.92. The Bertz CT molecular complexity index is 1910. The van der Waals surface area contributed by atoms with E-state index in [-0.39, 0.29) is 31.2 Å². The number of hydrogen-bond donors (Lipinski definition) is 5. The van der Waals surface area contributed by atoms with Crippen molar-refractivity contribution in [2.24, 2.45) is 11.7 Å². The molecule has 246 valence electrons. The van der Waals surface area contributed by atoms with E-state index in [1.165, 1.54) is 6.42 Å². The van der Waals surface area contributed by atoms with E-state index in [9.17, 15) is 9.50 Å². The summed E-state index contributed by atoms with van der Waals surface area (Å²) in [6.07, 6.45) is 4.89. The zero-order valence-electron chi connectivity index (χ0n) is 27.1. The van der Waals surface area contributed by atoms with Gasteiger partial charge < -0.3 is 35.4 Å². The second kappa shape index (κ2) is 11.9. The van der Waals surface area contributed by atoms with Gasteiger partial charge in [0.05, 0.1) is 47.1 Å². The number of nitrogens with one attached hydrogen (secondary N) is 3. The lowest BCUT2D eigenvalue weighted by Gasteiger charge is -2.33. The van der Waals surface area contributed by atoms with E-state index in [0.717, 1.165) is 75.6 Å². The standard InChI is InChI=1S/C36H43FN8O2/c1-4-32-45-28-10-8-20(26-16-40-34(42-26)25-6-5-11-39-25)12-22(28)13-29(45)24-9-7-21(14-31(24)47-32)27-17-41-35(43-27)30-15-23(37)18-44(30)36(46)33(38)19(2)3/h7-10,12-14,16-17,19,23,25,30,32-33,36,39,46H,4-6,11,15,18,38H2,1-3H3,(H,40,42)(H,41,43)/t23?,25-,30-,32?,33-,36?/m0/s1. The van der Waals surface area contributed by atoms with Crippen molar-refractivity contribution in [3.8, 4) is 39.5 Å². The van der Waals surface area contributed by atoms with Gasteiger partial charge in [-0.15, -0.1) is 0 Å². The van der Waals surface area contributed by atoms with Crippen LogP contribution in [0.5, 0.6) is 5.75 Å². The number of rotatable bonds is 8. The third-order valence-electron chi connectivity index (χ3n) is 10.3. The van der Waals surface area contributed by atoms with Gasteiger partial charge >= 0.3 is 0 Å². The summed E-state index contributed by atoms with van der Waals surface area (Å²) in [5.74, 6) is 2.50. The number of halogens is 1. The maximum Gasteiger partial charge on any atom is 0.176 e. The Morgan fingerprint density at radius 2 is 1.79 bits per heavy atom. The largest absolute Gasteiger partial charge is 0.469 e. The SMILES string of the molecule is CCC1Oc2cc(-c3cnc([C@@H]4CC(F)CN4C(O)[C@@H](N)C(C)C)[nH]3)ccc2-c2cc3cc(-c4cnc([C@@H]5CCCN5)[nH]4)ccc3n21. The molecular weight excluding hydrogens is 595 g/mol. The van der Waals surface area contributed by atoms with Crippen molar-refractivity contribution >= 4 is 10.9 Å². The molecule has 11 heteroatoms. The highest BCUT2D eigenvalue weighted by Crippen LogP contribution is 2.45. The summed E-state index contributed by atoms with van der Waals surface area (Å²) in [7, 11) is 0. The van der Waals surface area contributed by atoms with Gasteiger partial charge in [0.1, 0.15) is 29.8 Å². The number of benzene rings is 2. The summed E-state index contributed by atoms with van der Waals surface area (Å²) in [4.78, 5) is 18.0. The molecule has 6 N–H and O–H groups in total. The first-order valence-electron chi connectivity index (χ1n) is 16.9. The van der Waals surface area contributed by atoms with Gasteiger partial charge in [-0.3, -0.25) is 4.90 Å². The molecule has 0 bridgehead atoms. The smallest absolute Gasteiger partial charge is 0.176 e. The van der Waals surface area contributed by atoms with Crippen LogP contribution in [-0.4, -0.2) is 66.0 Å². The number of ether oxygens (including phenoxy) is 1. The molecule has 0 saturated carbocycles. The van der Waals surface area contributed by atoms with Crippen LogP contribution in [0.2, 0.25) is 0 Å². The summed E-state index contributed by atoms with van der Waals surface area (Å²) in [6, 6.07) is 14.5. The lowest BCUT2D eigenvalue weighted by Crippen LogP contribution is -2.50. The van der Waals surface area contributed by atoms with Crippen LogP contribution >= 0.6 is 0 Å². The number of fused-ring (bicyclic) bond motifs is 5. The Balaban J connectivity index is 1.09. The summed E-state index contributed by atoms with van der Waals surface area (Å²) < 4.78 is 23.6. The molecule has 3 unspecified atom stereocenters. The van der Waals surface area contributed by atoms with Gasteiger partial charge in [-0.05, 0) is 55.6 Å². The van der Waals surface area contributed by atoms with E-state index in [1.807, 2.05) is 20.0 Å². The fraction of sp³-hybridized carbons (Fsp3) is 0.444. The van der Waals surface area contributed by atoms with Gasteiger partial charge in [0, 0.05) is 47.5 Å². The van der Waals surface area contributed by atoms with Crippen molar-refractivity contribution in [3.63, 3.8) is 0 Å². The summed E-state index contributed by atoms with van der Waals surface area (Å²) >= 11 is 0. The molecule has 3 aliphatic heterocycles. The highest BCUT2D eigenvalue weighted by Gasteiger charge is 2.41. The van der Waals surface area contributed by atoms with Crippen molar-refractivity contribution < 1.29 is 14.2 Å². The Morgan fingerprint density at radius 1 is 1.04 bits per heavy atom. The van der Waals surface area contributed by atoms with Crippen molar-refractivity contribution in [2.75, 3.05) is 13.1 Å². The van der Waals surface area contributed by atoms with E-state index < -0.39 is 18.4 Å². The lowest BCUT2D eigenvalue weighted by atomic mass is 10.0. The average molecular weight is 639 g/mol. The fourth-order valence-corrected chi connectivity index (χ4v) is 7.55. The van der Waals surface area contributed by atoms with Crippen LogP contribution in [0.15, 0.2) is 54.9 Å². The molecule has 2 saturated heterocycles. The molecule has 0 aliphatic carbocycles. The predicted molar refractivity (Wildman–Crippen MR) is 180 cm³/mol. The van der Waals surface area contributed by atoms with Gasteiger partial charge in [0.15, 0.2) is 6.23 Å². The van der Waals surface area contributed by atoms with Crippen LogP contribution in [0.4, 0.5) is 4.39 Å². The molecule has 6 heterocycles. The van der Waals surface area contributed by atoms with Crippen LogP contribution in [0.25, 0.3) is 44.7 Å². The Morgan fingerprint density at radius 3 is 2.53 bits per heavy atom. The second-order valence-corrected chi connectivity index (χ2v) is 13.7. The normalized spacial score (nSPS) is 24.1. The molecule has 0 amide bonds. The number of aromatic amines is 2. The van der Waals surface area contributed by atoms with E-state index in [2.05, 4.69) is 79.2 Å². The third-order valence-corrected chi connectivity index (χ3v) is 10.3. The van der Waals surface area contributed by atoms with E-state index in [4.69, 9.17) is 10.5 Å².